The van der Waals surface area contributed by atoms with Gasteiger partial charge in [-0.25, -0.2) is 9.78 Å². The normalized spacial score (nSPS) is 11.4. The summed E-state index contributed by atoms with van der Waals surface area (Å²) in [7, 11) is 0. The molecule has 0 saturated carbocycles. The minimum absolute atomic E-state index is 0.0826. The Morgan fingerprint density at radius 1 is 1.07 bits per heavy atom. The molecule has 0 atom stereocenters. The molecule has 12 nitrogen and oxygen atoms in total. The maximum Gasteiger partial charge on any atom is 0.333 e. The monoisotopic (exact) mass is 411 g/mol. The van der Waals surface area contributed by atoms with Gasteiger partial charge < -0.3 is 20.5 Å². The van der Waals surface area contributed by atoms with Crippen molar-refractivity contribution in [3.8, 4) is 0 Å². The van der Waals surface area contributed by atoms with E-state index in [0.717, 1.165) is 17.4 Å². The SMILES string of the molecule is CCCCn1c(=O)n(Cc2nc(N)nc(N)n2)c(=O)c2c1ncn2Cc1ccco1. The number of fused-ring (bicyclic) bond motifs is 1. The van der Waals surface area contributed by atoms with Gasteiger partial charge in [0, 0.05) is 6.54 Å². The molecular weight excluding hydrogens is 390 g/mol. The predicted octanol–water partition coefficient (Wildman–Crippen LogP) is 0.199. The number of anilines is 2. The highest BCUT2D eigenvalue weighted by Crippen LogP contribution is 2.12. The molecule has 0 fully saturated rings. The summed E-state index contributed by atoms with van der Waals surface area (Å²) in [6.45, 7) is 2.55. The van der Waals surface area contributed by atoms with Gasteiger partial charge in [-0.15, -0.1) is 0 Å². The lowest BCUT2D eigenvalue weighted by Crippen LogP contribution is -2.41. The van der Waals surface area contributed by atoms with Gasteiger partial charge in [-0.2, -0.15) is 15.0 Å². The number of unbranched alkanes of at least 4 members (excludes halogenated alkanes) is 1. The van der Waals surface area contributed by atoms with Crippen LogP contribution in [0.5, 0.6) is 0 Å². The van der Waals surface area contributed by atoms with Crippen molar-refractivity contribution < 1.29 is 4.42 Å². The Morgan fingerprint density at radius 2 is 1.83 bits per heavy atom. The Hall–Kier alpha value is -3.96. The fourth-order valence-electron chi connectivity index (χ4n) is 3.26. The van der Waals surface area contributed by atoms with E-state index in [1.165, 1.54) is 10.9 Å². The number of nitrogens with zero attached hydrogens (tertiary/aromatic N) is 7. The number of imidazole rings is 1. The van der Waals surface area contributed by atoms with E-state index in [2.05, 4.69) is 19.9 Å². The van der Waals surface area contributed by atoms with Crippen LogP contribution in [-0.2, 0) is 19.6 Å². The highest BCUT2D eigenvalue weighted by molar-refractivity contribution is 5.70. The Morgan fingerprint density at radius 3 is 2.50 bits per heavy atom. The number of nitrogen functional groups attached to an aromatic ring is 2. The van der Waals surface area contributed by atoms with Gasteiger partial charge in [-0.05, 0) is 18.6 Å². The van der Waals surface area contributed by atoms with Crippen LogP contribution >= 0.6 is 0 Å². The van der Waals surface area contributed by atoms with Gasteiger partial charge in [-0.3, -0.25) is 13.9 Å². The summed E-state index contributed by atoms with van der Waals surface area (Å²) >= 11 is 0. The molecule has 0 aliphatic heterocycles. The van der Waals surface area contributed by atoms with E-state index in [1.54, 1.807) is 23.0 Å². The van der Waals surface area contributed by atoms with Crippen molar-refractivity contribution in [2.45, 2.75) is 39.4 Å². The summed E-state index contributed by atoms with van der Waals surface area (Å²) in [5.41, 5.74) is 10.9. The van der Waals surface area contributed by atoms with E-state index in [0.29, 0.717) is 24.5 Å². The summed E-state index contributed by atoms with van der Waals surface area (Å²) < 4.78 is 9.60. The molecule has 0 spiro atoms. The molecule has 0 aliphatic carbocycles. The van der Waals surface area contributed by atoms with E-state index in [-0.39, 0.29) is 29.8 Å². The molecule has 156 valence electrons. The number of rotatable bonds is 7. The van der Waals surface area contributed by atoms with Crippen molar-refractivity contribution >= 4 is 23.1 Å². The van der Waals surface area contributed by atoms with E-state index in [1.807, 2.05) is 6.92 Å². The minimum Gasteiger partial charge on any atom is -0.467 e. The molecule has 12 heteroatoms. The van der Waals surface area contributed by atoms with Gasteiger partial charge in [0.05, 0.1) is 25.7 Å². The van der Waals surface area contributed by atoms with Crippen LogP contribution in [0.3, 0.4) is 0 Å². The zero-order chi connectivity index (χ0) is 21.3. The second-order valence-electron chi connectivity index (χ2n) is 6.77. The minimum atomic E-state index is -0.510. The summed E-state index contributed by atoms with van der Waals surface area (Å²) in [6, 6.07) is 3.56. The number of hydrogen-bond donors (Lipinski definition) is 2. The first-order valence-electron chi connectivity index (χ1n) is 9.44. The summed E-state index contributed by atoms with van der Waals surface area (Å²) in [4.78, 5) is 42.4. The molecule has 4 rings (SSSR count). The van der Waals surface area contributed by atoms with Gasteiger partial charge in [0.25, 0.3) is 5.56 Å². The molecule has 0 radical (unpaired) electrons. The Labute approximate surface area is 169 Å². The lowest BCUT2D eigenvalue weighted by atomic mass is 10.3. The van der Waals surface area contributed by atoms with Gasteiger partial charge in [0.2, 0.25) is 11.9 Å². The first kappa shape index (κ1) is 19.4. The molecule has 4 N–H and O–H groups in total. The molecule has 4 heterocycles. The fraction of sp³-hybridized carbons (Fsp3) is 0.333. The summed E-state index contributed by atoms with van der Waals surface area (Å²) in [6.07, 6.45) is 4.71. The molecule has 0 unspecified atom stereocenters. The fourth-order valence-corrected chi connectivity index (χ4v) is 3.26. The predicted molar refractivity (Wildman–Crippen MR) is 109 cm³/mol. The van der Waals surface area contributed by atoms with Crippen LogP contribution in [0, 0.1) is 0 Å². The first-order valence-corrected chi connectivity index (χ1v) is 9.44. The van der Waals surface area contributed by atoms with Crippen LogP contribution in [0.2, 0.25) is 0 Å². The Kier molecular flexibility index (Phi) is 5.04. The van der Waals surface area contributed by atoms with E-state index in [9.17, 15) is 9.59 Å². The van der Waals surface area contributed by atoms with E-state index >= 15 is 0 Å². The molecule has 0 bridgehead atoms. The van der Waals surface area contributed by atoms with Gasteiger partial charge in [0.1, 0.15) is 5.76 Å². The first-order chi connectivity index (χ1) is 14.5. The van der Waals surface area contributed by atoms with Crippen LogP contribution in [0.15, 0.2) is 38.7 Å². The maximum atomic E-state index is 13.3. The third-order valence-electron chi connectivity index (χ3n) is 4.64. The second-order valence-corrected chi connectivity index (χ2v) is 6.77. The van der Waals surface area contributed by atoms with Gasteiger partial charge in [-0.1, -0.05) is 13.3 Å². The number of aromatic nitrogens is 7. The van der Waals surface area contributed by atoms with Gasteiger partial charge in [0.15, 0.2) is 17.0 Å². The van der Waals surface area contributed by atoms with E-state index < -0.39 is 11.2 Å². The van der Waals surface area contributed by atoms with Crippen LogP contribution < -0.4 is 22.7 Å². The largest absolute Gasteiger partial charge is 0.467 e. The standard InChI is InChI=1S/C18H21N9O3/c1-2-3-6-26-14-13(25(10-21-14)8-11-5-4-7-30-11)15(28)27(18(26)29)9-12-22-16(19)24-17(20)23-12/h4-5,7,10H,2-3,6,8-9H2,1H3,(H4,19,20,22,23,24). The molecule has 0 saturated heterocycles. The molecule has 0 amide bonds. The average molecular weight is 411 g/mol. The smallest absolute Gasteiger partial charge is 0.333 e. The van der Waals surface area contributed by atoms with Crippen LogP contribution in [0.25, 0.3) is 11.2 Å². The molecule has 4 aromatic rings. The van der Waals surface area contributed by atoms with Crippen molar-refractivity contribution in [2.75, 3.05) is 11.5 Å². The molecule has 4 aromatic heterocycles. The van der Waals surface area contributed by atoms with Crippen molar-refractivity contribution in [1.29, 1.82) is 0 Å². The summed E-state index contributed by atoms with van der Waals surface area (Å²) in [5.74, 6) is 0.615. The quantitative estimate of drug-likeness (QED) is 0.432. The zero-order valence-electron chi connectivity index (χ0n) is 16.4. The third kappa shape index (κ3) is 3.54. The topological polar surface area (TPSA) is 166 Å². The second kappa shape index (κ2) is 7.81. The number of nitrogens with two attached hydrogens (primary N) is 2. The maximum absolute atomic E-state index is 13.3. The Balaban J connectivity index is 1.89. The zero-order valence-corrected chi connectivity index (χ0v) is 16.4. The molecular formula is C18H21N9O3. The highest BCUT2D eigenvalue weighted by atomic mass is 16.3. The number of aryl methyl sites for hydroxylation is 1. The molecule has 0 aromatic carbocycles. The number of furan rings is 1. The highest BCUT2D eigenvalue weighted by Gasteiger charge is 2.19. The third-order valence-corrected chi connectivity index (χ3v) is 4.64. The average Bonchev–Trinajstić information content (AvgIpc) is 3.35. The van der Waals surface area contributed by atoms with E-state index in [4.69, 9.17) is 15.9 Å². The number of hydrogen-bond acceptors (Lipinski definition) is 9. The lowest BCUT2D eigenvalue weighted by molar-refractivity contribution is 0.495. The van der Waals surface area contributed by atoms with Crippen LogP contribution in [0.1, 0.15) is 31.4 Å². The van der Waals surface area contributed by atoms with Crippen molar-refractivity contribution in [3.63, 3.8) is 0 Å². The lowest BCUT2D eigenvalue weighted by Gasteiger charge is -2.12. The Bertz CT molecular complexity index is 1280. The molecule has 0 aliphatic rings. The van der Waals surface area contributed by atoms with Crippen molar-refractivity contribution in [2.24, 2.45) is 0 Å². The summed E-state index contributed by atoms with van der Waals surface area (Å²) in [5, 5.41) is 0. The van der Waals surface area contributed by atoms with Crippen molar-refractivity contribution in [1.82, 2.24) is 33.6 Å². The van der Waals surface area contributed by atoms with Gasteiger partial charge >= 0.3 is 5.69 Å². The van der Waals surface area contributed by atoms with Crippen LogP contribution in [0.4, 0.5) is 11.9 Å². The molecule has 30 heavy (non-hydrogen) atoms. The van der Waals surface area contributed by atoms with Crippen molar-refractivity contribution in [3.05, 3.63) is 57.1 Å². The van der Waals surface area contributed by atoms with Crippen LogP contribution in [-0.4, -0.2) is 33.6 Å².